The number of amides is 1. The maximum absolute atomic E-state index is 14.0. The van der Waals surface area contributed by atoms with Crippen LogP contribution in [0.3, 0.4) is 0 Å². The molecule has 1 aliphatic rings. The first-order valence-electron chi connectivity index (χ1n) is 10.8. The van der Waals surface area contributed by atoms with Gasteiger partial charge in [0.2, 0.25) is 5.91 Å². The van der Waals surface area contributed by atoms with Crippen LogP contribution in [0, 0.1) is 5.82 Å². The van der Waals surface area contributed by atoms with Gasteiger partial charge in [-0.05, 0) is 48.2 Å². The van der Waals surface area contributed by atoms with E-state index in [9.17, 15) is 9.18 Å². The predicted octanol–water partition coefficient (Wildman–Crippen LogP) is 4.98. The number of H-pyrrole nitrogens is 1. The third-order valence-electron chi connectivity index (χ3n) is 6.21. The molecular formula is C26H24FN3O2. The van der Waals surface area contributed by atoms with Crippen LogP contribution in [-0.2, 0) is 21.4 Å². The summed E-state index contributed by atoms with van der Waals surface area (Å²) in [5.74, 6) is 0.403. The highest BCUT2D eigenvalue weighted by atomic mass is 19.1. The number of benzene rings is 3. The molecule has 0 saturated carbocycles. The van der Waals surface area contributed by atoms with Crippen molar-refractivity contribution in [1.29, 1.82) is 0 Å². The van der Waals surface area contributed by atoms with Crippen molar-refractivity contribution in [1.82, 2.24) is 9.97 Å². The molecule has 3 aromatic carbocycles. The number of carbonyl (C=O) groups excluding carboxylic acids is 1. The maximum atomic E-state index is 14.0. The number of halogens is 1. The van der Waals surface area contributed by atoms with E-state index in [2.05, 4.69) is 15.3 Å². The molecule has 1 saturated heterocycles. The zero-order valence-electron chi connectivity index (χ0n) is 17.6. The fraction of sp³-hybridized carbons (Fsp3) is 0.231. The summed E-state index contributed by atoms with van der Waals surface area (Å²) >= 11 is 0. The van der Waals surface area contributed by atoms with E-state index in [1.165, 1.54) is 6.07 Å². The Kier molecular flexibility index (Phi) is 5.45. The molecule has 1 amide bonds. The van der Waals surface area contributed by atoms with Gasteiger partial charge in [0.15, 0.2) is 0 Å². The number of rotatable bonds is 5. The van der Waals surface area contributed by atoms with E-state index < -0.39 is 5.41 Å². The van der Waals surface area contributed by atoms with Gasteiger partial charge in [-0.25, -0.2) is 9.37 Å². The van der Waals surface area contributed by atoms with E-state index in [0.717, 1.165) is 16.6 Å². The second kappa shape index (κ2) is 8.55. The fourth-order valence-corrected chi connectivity index (χ4v) is 4.42. The van der Waals surface area contributed by atoms with E-state index in [0.29, 0.717) is 49.6 Å². The first-order chi connectivity index (χ1) is 15.6. The predicted molar refractivity (Wildman–Crippen MR) is 122 cm³/mol. The molecule has 0 atom stereocenters. The fourth-order valence-electron chi connectivity index (χ4n) is 4.42. The topological polar surface area (TPSA) is 67.0 Å². The molecule has 32 heavy (non-hydrogen) atoms. The van der Waals surface area contributed by atoms with Crippen LogP contribution in [0.25, 0.3) is 11.0 Å². The minimum Gasteiger partial charge on any atom is -0.381 e. The number of nitrogens with zero attached hydrogens (tertiary/aromatic N) is 1. The van der Waals surface area contributed by atoms with Gasteiger partial charge >= 0.3 is 0 Å². The van der Waals surface area contributed by atoms with Crippen molar-refractivity contribution in [3.8, 4) is 0 Å². The first-order valence-corrected chi connectivity index (χ1v) is 10.8. The van der Waals surface area contributed by atoms with E-state index in [1.54, 1.807) is 12.1 Å². The number of fused-ring (bicyclic) bond motifs is 1. The third-order valence-corrected chi connectivity index (χ3v) is 6.21. The van der Waals surface area contributed by atoms with Gasteiger partial charge in [-0.2, -0.15) is 0 Å². The first kappa shape index (κ1) is 20.4. The van der Waals surface area contributed by atoms with Crippen molar-refractivity contribution in [3.05, 3.63) is 95.6 Å². The molecule has 0 spiro atoms. The molecule has 0 radical (unpaired) electrons. The van der Waals surface area contributed by atoms with Crippen LogP contribution >= 0.6 is 0 Å². The van der Waals surface area contributed by atoms with Crippen LogP contribution in [0.15, 0.2) is 72.8 Å². The van der Waals surface area contributed by atoms with E-state index in [4.69, 9.17) is 4.74 Å². The van der Waals surface area contributed by atoms with Crippen molar-refractivity contribution in [3.63, 3.8) is 0 Å². The number of hydrogen-bond donors (Lipinski definition) is 2. The lowest BCUT2D eigenvalue weighted by Crippen LogP contribution is -2.44. The summed E-state index contributed by atoms with van der Waals surface area (Å²) in [5, 5.41) is 3.11. The Bertz CT molecular complexity index is 1250. The van der Waals surface area contributed by atoms with Crippen LogP contribution in [0.4, 0.5) is 10.1 Å². The Morgan fingerprint density at radius 2 is 1.78 bits per heavy atom. The van der Waals surface area contributed by atoms with Crippen molar-refractivity contribution in [2.45, 2.75) is 24.7 Å². The lowest BCUT2D eigenvalue weighted by atomic mass is 9.73. The zero-order chi connectivity index (χ0) is 22.0. The molecule has 4 aromatic rings. The monoisotopic (exact) mass is 429 g/mol. The summed E-state index contributed by atoms with van der Waals surface area (Å²) in [5.41, 5.74) is 3.26. The van der Waals surface area contributed by atoms with Crippen LogP contribution in [0.1, 0.15) is 29.8 Å². The SMILES string of the molecule is O=C(Nc1ccc2nc(Cc3ccccc3F)[nH]c2c1)C1(c2ccccc2)CCOCC1. The third kappa shape index (κ3) is 3.89. The van der Waals surface area contributed by atoms with Gasteiger partial charge in [0.25, 0.3) is 0 Å². The average molecular weight is 429 g/mol. The number of aromatic nitrogens is 2. The summed E-state index contributed by atoms with van der Waals surface area (Å²) in [6, 6.07) is 22.2. The standard InChI is InChI=1S/C26H24FN3O2/c27-21-9-5-4-6-18(21)16-24-29-22-11-10-20(17-23(22)30-24)28-25(31)26(12-14-32-15-13-26)19-7-2-1-3-8-19/h1-11,17H,12-16H2,(H,28,31)(H,29,30). The minimum atomic E-state index is -0.613. The quantitative estimate of drug-likeness (QED) is 0.470. The summed E-state index contributed by atoms with van der Waals surface area (Å²) in [7, 11) is 0. The number of nitrogens with one attached hydrogen (secondary N) is 2. The molecule has 0 aliphatic carbocycles. The summed E-state index contributed by atoms with van der Waals surface area (Å²) in [6.07, 6.45) is 1.66. The molecule has 6 heteroatoms. The minimum absolute atomic E-state index is 0.0301. The molecular weight excluding hydrogens is 405 g/mol. The Balaban J connectivity index is 1.40. The second-order valence-electron chi connectivity index (χ2n) is 8.20. The van der Waals surface area contributed by atoms with Crippen LogP contribution in [-0.4, -0.2) is 29.1 Å². The van der Waals surface area contributed by atoms with Gasteiger partial charge in [-0.1, -0.05) is 48.5 Å². The van der Waals surface area contributed by atoms with Gasteiger partial charge in [0.05, 0.1) is 16.4 Å². The molecule has 0 unspecified atom stereocenters. The lowest BCUT2D eigenvalue weighted by molar-refractivity contribution is -0.125. The van der Waals surface area contributed by atoms with Gasteiger partial charge in [0, 0.05) is 25.3 Å². The van der Waals surface area contributed by atoms with Crippen molar-refractivity contribution < 1.29 is 13.9 Å². The smallest absolute Gasteiger partial charge is 0.235 e. The van der Waals surface area contributed by atoms with Crippen molar-refractivity contribution >= 4 is 22.6 Å². The normalized spacial score (nSPS) is 15.5. The largest absolute Gasteiger partial charge is 0.381 e. The molecule has 1 aliphatic heterocycles. The van der Waals surface area contributed by atoms with Gasteiger partial charge in [0.1, 0.15) is 11.6 Å². The average Bonchev–Trinajstić information content (AvgIpc) is 3.23. The molecule has 162 valence electrons. The molecule has 2 N–H and O–H groups in total. The van der Waals surface area contributed by atoms with Crippen LogP contribution < -0.4 is 5.32 Å². The van der Waals surface area contributed by atoms with E-state index >= 15 is 0 Å². The van der Waals surface area contributed by atoms with Crippen molar-refractivity contribution in [2.75, 3.05) is 18.5 Å². The molecule has 0 bridgehead atoms. The number of imidazole rings is 1. The number of carbonyl (C=O) groups is 1. The van der Waals surface area contributed by atoms with Crippen molar-refractivity contribution in [2.24, 2.45) is 0 Å². The van der Waals surface area contributed by atoms with E-state index in [-0.39, 0.29) is 11.7 Å². The number of hydrogen-bond acceptors (Lipinski definition) is 3. The van der Waals surface area contributed by atoms with Gasteiger partial charge in [-0.3, -0.25) is 4.79 Å². The maximum Gasteiger partial charge on any atom is 0.235 e. The molecule has 2 heterocycles. The lowest BCUT2D eigenvalue weighted by Gasteiger charge is -2.36. The van der Waals surface area contributed by atoms with Crippen LogP contribution in [0.5, 0.6) is 0 Å². The van der Waals surface area contributed by atoms with Gasteiger partial charge in [-0.15, -0.1) is 0 Å². The molecule has 1 fully saturated rings. The number of aromatic amines is 1. The highest BCUT2D eigenvalue weighted by molar-refractivity contribution is 6.00. The molecule has 5 rings (SSSR count). The second-order valence-corrected chi connectivity index (χ2v) is 8.20. The molecule has 5 nitrogen and oxygen atoms in total. The Morgan fingerprint density at radius 1 is 1.03 bits per heavy atom. The summed E-state index contributed by atoms with van der Waals surface area (Å²) in [4.78, 5) is 21.3. The number of ether oxygens (including phenoxy) is 1. The highest BCUT2D eigenvalue weighted by Crippen LogP contribution is 2.36. The number of anilines is 1. The Morgan fingerprint density at radius 3 is 2.56 bits per heavy atom. The Labute approximate surface area is 185 Å². The van der Waals surface area contributed by atoms with Crippen LogP contribution in [0.2, 0.25) is 0 Å². The Hall–Kier alpha value is -3.51. The summed E-state index contributed by atoms with van der Waals surface area (Å²) in [6.45, 7) is 1.11. The summed E-state index contributed by atoms with van der Waals surface area (Å²) < 4.78 is 19.5. The highest BCUT2D eigenvalue weighted by Gasteiger charge is 2.41. The zero-order valence-corrected chi connectivity index (χ0v) is 17.6. The van der Waals surface area contributed by atoms with E-state index in [1.807, 2.05) is 54.6 Å². The molecule has 1 aromatic heterocycles. The van der Waals surface area contributed by atoms with Gasteiger partial charge < -0.3 is 15.0 Å².